The Hall–Kier alpha value is -1.34. The van der Waals surface area contributed by atoms with Crippen LogP contribution in [-0.4, -0.2) is 54.0 Å². The molecule has 0 heterocycles. The summed E-state index contributed by atoms with van der Waals surface area (Å²) in [6.07, 6.45) is 3.25. The van der Waals surface area contributed by atoms with E-state index in [9.17, 15) is 9.59 Å². The van der Waals surface area contributed by atoms with Crippen molar-refractivity contribution in [2.75, 3.05) is 19.7 Å². The second kappa shape index (κ2) is 7.08. The number of urea groups is 1. The van der Waals surface area contributed by atoms with Gasteiger partial charge in [0.25, 0.3) is 0 Å². The van der Waals surface area contributed by atoms with Crippen molar-refractivity contribution in [1.29, 1.82) is 0 Å². The number of carboxylic acids is 1. The highest BCUT2D eigenvalue weighted by Gasteiger charge is 2.20. The summed E-state index contributed by atoms with van der Waals surface area (Å²) in [7, 11) is 0. The van der Waals surface area contributed by atoms with Crippen molar-refractivity contribution >= 4 is 12.0 Å². The number of carbonyl (C=O) groups is 2. The third-order valence-electron chi connectivity index (χ3n) is 2.44. The quantitative estimate of drug-likeness (QED) is 0.348. The van der Waals surface area contributed by atoms with Gasteiger partial charge in [-0.2, -0.15) is 0 Å². The lowest BCUT2D eigenvalue weighted by Crippen LogP contribution is -2.48. The molecule has 1 aliphatic carbocycles. The fraction of sp³-hybridized carbons (Fsp3) is 0.800. The highest BCUT2D eigenvalue weighted by atomic mass is 16.4. The molecule has 2 amide bonds. The van der Waals surface area contributed by atoms with Crippen molar-refractivity contribution in [2.45, 2.75) is 31.3 Å². The zero-order valence-corrected chi connectivity index (χ0v) is 9.61. The van der Waals surface area contributed by atoms with Crippen LogP contribution in [0, 0.1) is 0 Å². The van der Waals surface area contributed by atoms with Gasteiger partial charge in [0.15, 0.2) is 6.04 Å². The van der Waals surface area contributed by atoms with Crippen molar-refractivity contribution in [1.82, 2.24) is 16.0 Å². The van der Waals surface area contributed by atoms with E-state index in [1.807, 2.05) is 0 Å². The minimum absolute atomic E-state index is 0.476. The van der Waals surface area contributed by atoms with Crippen LogP contribution >= 0.6 is 0 Å². The van der Waals surface area contributed by atoms with Crippen LogP contribution in [0.2, 0.25) is 0 Å². The van der Waals surface area contributed by atoms with Crippen molar-refractivity contribution in [3.8, 4) is 0 Å². The maximum atomic E-state index is 11.2. The van der Waals surface area contributed by atoms with Crippen LogP contribution in [0.15, 0.2) is 0 Å². The highest BCUT2D eigenvalue weighted by molar-refractivity contribution is 5.82. The number of aliphatic hydroxyl groups excluding tert-OH is 1. The van der Waals surface area contributed by atoms with Gasteiger partial charge in [0.2, 0.25) is 0 Å². The molecule has 1 unspecified atom stereocenters. The number of aliphatic hydroxyl groups is 1. The van der Waals surface area contributed by atoms with Crippen LogP contribution in [0.3, 0.4) is 0 Å². The van der Waals surface area contributed by atoms with Crippen LogP contribution in [-0.2, 0) is 4.79 Å². The lowest BCUT2D eigenvalue weighted by molar-refractivity contribution is -0.140. The summed E-state index contributed by atoms with van der Waals surface area (Å²) < 4.78 is 0. The average molecular weight is 245 g/mol. The average Bonchev–Trinajstić information content (AvgIpc) is 3.09. The Morgan fingerprint density at radius 3 is 2.53 bits per heavy atom. The fourth-order valence-corrected chi connectivity index (χ4v) is 1.28. The number of nitrogens with one attached hydrogen (secondary N) is 3. The molecule has 0 aromatic heterocycles. The molecule has 7 nitrogen and oxygen atoms in total. The summed E-state index contributed by atoms with van der Waals surface area (Å²) in [5.74, 6) is -1.25. The van der Waals surface area contributed by atoms with Gasteiger partial charge in [-0.05, 0) is 25.8 Å². The predicted octanol–water partition coefficient (Wildman–Crippen LogP) is -1.13. The number of rotatable bonds is 8. The van der Waals surface area contributed by atoms with Crippen molar-refractivity contribution in [3.05, 3.63) is 0 Å². The first-order valence-electron chi connectivity index (χ1n) is 5.75. The molecule has 1 rings (SSSR count). The van der Waals surface area contributed by atoms with Crippen molar-refractivity contribution < 1.29 is 19.8 Å². The first-order chi connectivity index (χ1) is 8.13. The topological polar surface area (TPSA) is 111 Å². The standard InChI is InChI=1S/C10H19N3O4/c14-6-8(9(15)16)13-10(17)12-5-1-4-11-7-2-3-7/h7-8,11,14H,1-6H2,(H,15,16)(H2,12,13,17). The van der Waals surface area contributed by atoms with Gasteiger partial charge >= 0.3 is 12.0 Å². The molecular weight excluding hydrogens is 226 g/mol. The van der Waals surface area contributed by atoms with E-state index < -0.39 is 24.6 Å². The number of aliphatic carboxylic acids is 1. The second-order valence-corrected chi connectivity index (χ2v) is 4.06. The lowest BCUT2D eigenvalue weighted by atomic mass is 10.3. The predicted molar refractivity (Wildman–Crippen MR) is 60.7 cm³/mol. The molecule has 1 atom stereocenters. The Balaban J connectivity index is 2.00. The molecule has 7 heteroatoms. The van der Waals surface area contributed by atoms with Gasteiger partial charge in [-0.15, -0.1) is 0 Å². The largest absolute Gasteiger partial charge is 0.480 e. The molecule has 98 valence electrons. The second-order valence-electron chi connectivity index (χ2n) is 4.06. The van der Waals surface area contributed by atoms with Crippen LogP contribution in [0.25, 0.3) is 0 Å². The minimum atomic E-state index is -1.25. The van der Waals surface area contributed by atoms with E-state index in [0.717, 1.165) is 13.0 Å². The molecule has 1 aliphatic rings. The maximum absolute atomic E-state index is 11.2. The molecule has 0 aromatic carbocycles. The van der Waals surface area contributed by atoms with Crippen LogP contribution < -0.4 is 16.0 Å². The first kappa shape index (κ1) is 13.7. The van der Waals surface area contributed by atoms with E-state index in [1.165, 1.54) is 12.8 Å². The van der Waals surface area contributed by atoms with E-state index >= 15 is 0 Å². The zero-order valence-electron chi connectivity index (χ0n) is 9.61. The highest BCUT2D eigenvalue weighted by Crippen LogP contribution is 2.18. The summed E-state index contributed by atoms with van der Waals surface area (Å²) in [6, 6.07) is -1.17. The van der Waals surface area contributed by atoms with E-state index in [0.29, 0.717) is 12.6 Å². The molecule has 0 saturated heterocycles. The van der Waals surface area contributed by atoms with Gasteiger partial charge in [-0.25, -0.2) is 9.59 Å². The molecule has 0 spiro atoms. The molecule has 5 N–H and O–H groups in total. The summed E-state index contributed by atoms with van der Waals surface area (Å²) in [5, 5.41) is 25.3. The molecule has 0 aliphatic heterocycles. The molecule has 1 saturated carbocycles. The number of hydrogen-bond acceptors (Lipinski definition) is 4. The van der Waals surface area contributed by atoms with E-state index in [2.05, 4.69) is 16.0 Å². The van der Waals surface area contributed by atoms with E-state index in [1.54, 1.807) is 0 Å². The Morgan fingerprint density at radius 2 is 2.00 bits per heavy atom. The number of carboxylic acid groups (broad SMARTS) is 1. The van der Waals surface area contributed by atoms with E-state index in [-0.39, 0.29) is 0 Å². The number of carbonyl (C=O) groups excluding carboxylic acids is 1. The smallest absolute Gasteiger partial charge is 0.328 e. The van der Waals surface area contributed by atoms with Gasteiger partial charge in [-0.1, -0.05) is 0 Å². The summed E-state index contributed by atoms with van der Waals surface area (Å²) in [5.41, 5.74) is 0. The minimum Gasteiger partial charge on any atom is -0.480 e. The van der Waals surface area contributed by atoms with Crippen LogP contribution in [0.5, 0.6) is 0 Å². The fourth-order valence-electron chi connectivity index (χ4n) is 1.28. The Labute approximate surface area is 99.6 Å². The number of amides is 2. The van der Waals surface area contributed by atoms with Crippen molar-refractivity contribution in [3.63, 3.8) is 0 Å². The summed E-state index contributed by atoms with van der Waals surface area (Å²) >= 11 is 0. The lowest BCUT2D eigenvalue weighted by Gasteiger charge is -2.12. The first-order valence-corrected chi connectivity index (χ1v) is 5.75. The molecule has 0 bridgehead atoms. The zero-order chi connectivity index (χ0) is 12.7. The maximum Gasteiger partial charge on any atom is 0.328 e. The third kappa shape index (κ3) is 6.08. The summed E-state index contributed by atoms with van der Waals surface area (Å²) in [4.78, 5) is 21.7. The Kier molecular flexibility index (Phi) is 5.71. The monoisotopic (exact) mass is 245 g/mol. The van der Waals surface area contributed by atoms with E-state index in [4.69, 9.17) is 10.2 Å². The number of hydrogen-bond donors (Lipinski definition) is 5. The molecule has 0 aromatic rings. The normalized spacial score (nSPS) is 16.3. The molecular formula is C10H19N3O4. The Bertz CT molecular complexity index is 268. The summed E-state index contributed by atoms with van der Waals surface area (Å²) in [6.45, 7) is 0.697. The van der Waals surface area contributed by atoms with Crippen LogP contribution in [0.4, 0.5) is 4.79 Å². The third-order valence-corrected chi connectivity index (χ3v) is 2.44. The molecule has 17 heavy (non-hydrogen) atoms. The van der Waals surface area contributed by atoms with Crippen LogP contribution in [0.1, 0.15) is 19.3 Å². The SMILES string of the molecule is O=C(NCCCNC1CC1)NC(CO)C(=O)O. The van der Waals surface area contributed by atoms with Gasteiger partial charge < -0.3 is 26.2 Å². The van der Waals surface area contributed by atoms with Gasteiger partial charge in [-0.3, -0.25) is 0 Å². The van der Waals surface area contributed by atoms with Gasteiger partial charge in [0.05, 0.1) is 6.61 Å². The van der Waals surface area contributed by atoms with Crippen molar-refractivity contribution in [2.24, 2.45) is 0 Å². The van der Waals surface area contributed by atoms with Gasteiger partial charge in [0.1, 0.15) is 0 Å². The molecule has 0 radical (unpaired) electrons. The van der Waals surface area contributed by atoms with Gasteiger partial charge in [0, 0.05) is 12.6 Å². The Morgan fingerprint density at radius 1 is 1.29 bits per heavy atom. The molecule has 1 fully saturated rings.